The molecule has 1 saturated heterocycles. The fraction of sp³-hybridized carbons (Fsp3) is 0.500. The molecule has 1 aliphatic heterocycles. The summed E-state index contributed by atoms with van der Waals surface area (Å²) in [5.41, 5.74) is 2.14. The van der Waals surface area contributed by atoms with Crippen molar-refractivity contribution < 1.29 is 14.3 Å². The van der Waals surface area contributed by atoms with Crippen LogP contribution in [0.2, 0.25) is 5.02 Å². The van der Waals surface area contributed by atoms with Crippen molar-refractivity contribution in [3.05, 3.63) is 64.7 Å². The highest BCUT2D eigenvalue weighted by Gasteiger charge is 2.42. The lowest BCUT2D eigenvalue weighted by Crippen LogP contribution is -2.46. The van der Waals surface area contributed by atoms with Gasteiger partial charge in [-0.05, 0) is 68.5 Å². The van der Waals surface area contributed by atoms with Gasteiger partial charge < -0.3 is 14.4 Å². The number of ether oxygens (including phenoxy) is 2. The van der Waals surface area contributed by atoms with Gasteiger partial charge >= 0.3 is 0 Å². The Bertz CT molecular complexity index is 863. The van der Waals surface area contributed by atoms with E-state index in [9.17, 15) is 4.79 Å². The number of hydrogen-bond acceptors (Lipinski definition) is 3. The molecule has 5 heteroatoms. The van der Waals surface area contributed by atoms with Gasteiger partial charge in [0.05, 0.1) is 12.7 Å². The molecule has 3 rings (SSSR count). The van der Waals surface area contributed by atoms with E-state index < -0.39 is 0 Å². The zero-order chi connectivity index (χ0) is 22.5. The number of hydrogen-bond donors (Lipinski definition) is 0. The summed E-state index contributed by atoms with van der Waals surface area (Å²) in [5.74, 6) is 1.03. The maximum Gasteiger partial charge on any atom is 0.222 e. The first-order valence-electron chi connectivity index (χ1n) is 11.1. The first-order valence-corrected chi connectivity index (χ1v) is 11.5. The Kier molecular flexibility index (Phi) is 7.66. The van der Waals surface area contributed by atoms with Gasteiger partial charge in [0.15, 0.2) is 0 Å². The van der Waals surface area contributed by atoms with Gasteiger partial charge in [0, 0.05) is 36.6 Å². The third-order valence-corrected chi connectivity index (χ3v) is 6.59. The average molecular weight is 444 g/mol. The lowest BCUT2D eigenvalue weighted by Gasteiger charge is -2.46. The lowest BCUT2D eigenvalue weighted by atomic mass is 9.67. The summed E-state index contributed by atoms with van der Waals surface area (Å²) >= 11 is 6.03. The predicted octanol–water partition coefficient (Wildman–Crippen LogP) is 6.00. The molecule has 4 nitrogen and oxygen atoms in total. The number of nitrogens with zero attached hydrogens (tertiary/aromatic N) is 1. The van der Waals surface area contributed by atoms with E-state index in [1.54, 1.807) is 7.11 Å². The second kappa shape index (κ2) is 10.1. The third-order valence-electron chi connectivity index (χ3n) is 6.34. The Morgan fingerprint density at radius 3 is 2.39 bits per heavy atom. The molecule has 31 heavy (non-hydrogen) atoms. The van der Waals surface area contributed by atoms with E-state index in [2.05, 4.69) is 26.0 Å². The van der Waals surface area contributed by atoms with Crippen LogP contribution in [0.4, 0.5) is 0 Å². The van der Waals surface area contributed by atoms with Gasteiger partial charge in [0.2, 0.25) is 5.91 Å². The fourth-order valence-electron chi connectivity index (χ4n) is 4.70. The molecule has 0 N–H and O–H groups in total. The minimum Gasteiger partial charge on any atom is -0.497 e. The van der Waals surface area contributed by atoms with Crippen LogP contribution in [0.1, 0.15) is 57.6 Å². The van der Waals surface area contributed by atoms with E-state index in [1.807, 2.05) is 48.2 Å². The molecule has 0 unspecified atom stereocenters. The van der Waals surface area contributed by atoms with Crippen LogP contribution in [0, 0.1) is 0 Å². The average Bonchev–Trinajstić information content (AvgIpc) is 2.76. The summed E-state index contributed by atoms with van der Waals surface area (Å²) in [6, 6.07) is 16.2. The Balaban J connectivity index is 1.84. The van der Waals surface area contributed by atoms with Crippen molar-refractivity contribution in [2.45, 2.75) is 64.0 Å². The third kappa shape index (κ3) is 6.02. The summed E-state index contributed by atoms with van der Waals surface area (Å²) in [6.07, 6.45) is 3.25. The van der Waals surface area contributed by atoms with Crippen molar-refractivity contribution in [1.29, 1.82) is 0 Å². The van der Waals surface area contributed by atoms with Gasteiger partial charge in [0.1, 0.15) is 5.75 Å². The van der Waals surface area contributed by atoms with Crippen LogP contribution in [-0.2, 0) is 21.5 Å². The molecule has 1 aliphatic rings. The standard InChI is InChI=1S/C26H34ClNO3/c1-5-24(29)28(18-20-6-10-22(27)11-7-20)16-14-26(15-17-31-25(2,3)19-26)21-8-12-23(30-4)13-9-21/h6-13H,5,14-19H2,1-4H3/t26-/m1/s1. The van der Waals surface area contributed by atoms with Gasteiger partial charge in [-0.3, -0.25) is 4.79 Å². The first-order chi connectivity index (χ1) is 14.8. The van der Waals surface area contributed by atoms with E-state index >= 15 is 0 Å². The molecular weight excluding hydrogens is 410 g/mol. The number of benzene rings is 2. The van der Waals surface area contributed by atoms with Crippen molar-refractivity contribution in [3.8, 4) is 5.75 Å². The van der Waals surface area contributed by atoms with E-state index in [-0.39, 0.29) is 16.9 Å². The van der Waals surface area contributed by atoms with Crippen molar-refractivity contribution in [1.82, 2.24) is 4.90 Å². The smallest absolute Gasteiger partial charge is 0.222 e. The van der Waals surface area contributed by atoms with Gasteiger partial charge in [0.25, 0.3) is 0 Å². The number of amides is 1. The van der Waals surface area contributed by atoms with Crippen LogP contribution < -0.4 is 4.74 Å². The van der Waals surface area contributed by atoms with Crippen molar-refractivity contribution in [3.63, 3.8) is 0 Å². The summed E-state index contributed by atoms with van der Waals surface area (Å²) in [6.45, 7) is 8.27. The van der Waals surface area contributed by atoms with E-state index in [1.165, 1.54) is 5.56 Å². The summed E-state index contributed by atoms with van der Waals surface area (Å²) in [7, 11) is 1.69. The Morgan fingerprint density at radius 1 is 1.13 bits per heavy atom. The first kappa shape index (κ1) is 23.6. The maximum absolute atomic E-state index is 12.8. The van der Waals surface area contributed by atoms with Gasteiger partial charge in [-0.15, -0.1) is 0 Å². The molecule has 1 atom stereocenters. The zero-order valence-electron chi connectivity index (χ0n) is 19.1. The highest BCUT2D eigenvalue weighted by Crippen LogP contribution is 2.44. The second-order valence-corrected chi connectivity index (χ2v) is 9.53. The maximum atomic E-state index is 12.8. The van der Waals surface area contributed by atoms with Gasteiger partial charge in [-0.1, -0.05) is 42.8 Å². The van der Waals surface area contributed by atoms with Gasteiger partial charge in [-0.25, -0.2) is 0 Å². The van der Waals surface area contributed by atoms with Crippen LogP contribution in [0.15, 0.2) is 48.5 Å². The molecule has 0 spiro atoms. The van der Waals surface area contributed by atoms with E-state index in [0.29, 0.717) is 24.5 Å². The summed E-state index contributed by atoms with van der Waals surface area (Å²) in [5, 5.41) is 0.708. The molecular formula is C26H34ClNO3. The highest BCUT2D eigenvalue weighted by atomic mass is 35.5. The molecule has 1 heterocycles. The fourth-order valence-corrected chi connectivity index (χ4v) is 4.83. The number of carbonyl (C=O) groups is 1. The molecule has 0 aromatic heterocycles. The molecule has 0 radical (unpaired) electrons. The van der Waals surface area contributed by atoms with E-state index in [0.717, 1.165) is 37.2 Å². The molecule has 1 amide bonds. The van der Waals surface area contributed by atoms with Crippen LogP contribution in [0.5, 0.6) is 5.75 Å². The molecule has 0 aliphatic carbocycles. The van der Waals surface area contributed by atoms with Crippen LogP contribution in [0.25, 0.3) is 0 Å². The van der Waals surface area contributed by atoms with Crippen LogP contribution in [0.3, 0.4) is 0 Å². The van der Waals surface area contributed by atoms with Crippen molar-refractivity contribution >= 4 is 17.5 Å². The molecule has 0 saturated carbocycles. The monoisotopic (exact) mass is 443 g/mol. The molecule has 168 valence electrons. The van der Waals surface area contributed by atoms with Crippen LogP contribution in [-0.4, -0.2) is 36.7 Å². The topological polar surface area (TPSA) is 38.8 Å². The number of halogens is 1. The molecule has 2 aromatic carbocycles. The predicted molar refractivity (Wildman–Crippen MR) is 126 cm³/mol. The van der Waals surface area contributed by atoms with Crippen molar-refractivity contribution in [2.24, 2.45) is 0 Å². The minimum atomic E-state index is -0.200. The van der Waals surface area contributed by atoms with Crippen LogP contribution >= 0.6 is 11.6 Å². The largest absolute Gasteiger partial charge is 0.497 e. The quantitative estimate of drug-likeness (QED) is 0.501. The zero-order valence-corrected chi connectivity index (χ0v) is 19.9. The summed E-state index contributed by atoms with van der Waals surface area (Å²) in [4.78, 5) is 14.7. The Hall–Kier alpha value is -2.04. The summed E-state index contributed by atoms with van der Waals surface area (Å²) < 4.78 is 11.4. The van der Waals surface area contributed by atoms with Gasteiger partial charge in [-0.2, -0.15) is 0 Å². The molecule has 0 bridgehead atoms. The number of methoxy groups -OCH3 is 1. The van der Waals surface area contributed by atoms with E-state index in [4.69, 9.17) is 21.1 Å². The Morgan fingerprint density at radius 2 is 1.81 bits per heavy atom. The number of carbonyl (C=O) groups excluding carboxylic acids is 1. The van der Waals surface area contributed by atoms with Crippen molar-refractivity contribution in [2.75, 3.05) is 20.3 Å². The molecule has 2 aromatic rings. The molecule has 1 fully saturated rings. The number of rotatable bonds is 8. The minimum absolute atomic E-state index is 0.0414. The normalized spacial score (nSPS) is 20.3. The lowest BCUT2D eigenvalue weighted by molar-refractivity contribution is -0.132. The highest BCUT2D eigenvalue weighted by molar-refractivity contribution is 6.30. The Labute approximate surface area is 191 Å². The SMILES string of the molecule is CCC(=O)N(CC[C@@]1(c2ccc(OC)cc2)CCOC(C)(C)C1)Cc1ccc(Cl)cc1. The second-order valence-electron chi connectivity index (χ2n) is 9.09.